The largest absolute Gasteiger partial charge is 0.565 e. The molecule has 0 bridgehead atoms. The Morgan fingerprint density at radius 3 is 2.40 bits per heavy atom. The van der Waals surface area contributed by atoms with Crippen molar-refractivity contribution >= 4 is 48.3 Å². The third-order valence-corrected chi connectivity index (χ3v) is 4.38. The number of fused-ring (bicyclic) bond motifs is 1. The van der Waals surface area contributed by atoms with Gasteiger partial charge in [-0.3, -0.25) is 4.79 Å². The van der Waals surface area contributed by atoms with Crippen molar-refractivity contribution in [1.82, 2.24) is 0 Å². The molecule has 0 aliphatic carbocycles. The van der Waals surface area contributed by atoms with E-state index in [0.29, 0.717) is 5.56 Å². The van der Waals surface area contributed by atoms with Crippen LogP contribution < -0.4 is 0 Å². The molecule has 0 atom stereocenters. The molecule has 0 fully saturated rings. The number of hydrogen-bond acceptors (Lipinski definition) is 5. The monoisotopic (exact) mass is 334 g/mol. The summed E-state index contributed by atoms with van der Waals surface area (Å²) in [5.41, 5.74) is 0.712. The Balaban J connectivity index is 2.20. The van der Waals surface area contributed by atoms with Crippen LogP contribution >= 0.6 is 31.6 Å². The van der Waals surface area contributed by atoms with Crippen LogP contribution in [0.3, 0.4) is 0 Å². The molecule has 0 saturated carbocycles. The second kappa shape index (κ2) is 6.57. The van der Waals surface area contributed by atoms with Gasteiger partial charge >= 0.3 is 13.8 Å². The highest BCUT2D eigenvalue weighted by atomic mass is 35.5. The number of carbonyl (C=O) groups excluding carboxylic acids is 1. The first-order chi connectivity index (χ1) is 9.58. The fourth-order valence-electron chi connectivity index (χ4n) is 1.80. The van der Waals surface area contributed by atoms with E-state index in [1.54, 1.807) is 12.1 Å². The molecule has 0 aliphatic rings. The molecule has 2 rings (SSSR count). The quantitative estimate of drug-likeness (QED) is 0.759. The smallest absolute Gasteiger partial charge is 0.369 e. The molecule has 0 aromatic heterocycles. The molecule has 2 aromatic rings. The number of benzene rings is 2. The van der Waals surface area contributed by atoms with Gasteiger partial charge in [-0.25, -0.2) is 4.57 Å². The standard InChI is InChI=1S/C12H9Cl2O5P/c13-18-20(16,19-14)17-12(15)8-10-6-3-5-9-4-1-2-7-11(9)10/h1-7H,8H2. The zero-order chi connectivity index (χ0) is 14.6. The second-order valence-electron chi connectivity index (χ2n) is 3.86. The van der Waals surface area contributed by atoms with E-state index in [4.69, 9.17) is 23.7 Å². The van der Waals surface area contributed by atoms with Crippen molar-refractivity contribution in [3.63, 3.8) is 0 Å². The van der Waals surface area contributed by atoms with Gasteiger partial charge in [0.15, 0.2) is 0 Å². The summed E-state index contributed by atoms with van der Waals surface area (Å²) in [7, 11) is -4.25. The summed E-state index contributed by atoms with van der Waals surface area (Å²) >= 11 is 9.80. The summed E-state index contributed by atoms with van der Waals surface area (Å²) in [6.45, 7) is 0. The minimum atomic E-state index is -4.25. The minimum absolute atomic E-state index is 0.119. The Labute approximate surface area is 125 Å². The molecule has 0 radical (unpaired) electrons. The van der Waals surface area contributed by atoms with Gasteiger partial charge in [0.25, 0.3) is 0 Å². The summed E-state index contributed by atoms with van der Waals surface area (Å²) in [6, 6.07) is 13.0. The van der Waals surface area contributed by atoms with E-state index in [9.17, 15) is 9.36 Å². The third kappa shape index (κ3) is 3.51. The van der Waals surface area contributed by atoms with E-state index in [2.05, 4.69) is 12.7 Å². The van der Waals surface area contributed by atoms with Crippen LogP contribution in [0.5, 0.6) is 0 Å². The lowest BCUT2D eigenvalue weighted by atomic mass is 10.0. The Kier molecular flexibility index (Phi) is 5.02. The zero-order valence-corrected chi connectivity index (χ0v) is 12.4. The molecule has 0 N–H and O–H groups in total. The number of phosphoric acid groups is 1. The predicted octanol–water partition coefficient (Wildman–Crippen LogP) is 4.37. The molecule has 8 heteroatoms. The molecule has 2 aromatic carbocycles. The van der Waals surface area contributed by atoms with Crippen molar-refractivity contribution in [3.05, 3.63) is 48.0 Å². The summed E-state index contributed by atoms with van der Waals surface area (Å²) in [6.07, 6.45) is -0.119. The molecule has 20 heavy (non-hydrogen) atoms. The topological polar surface area (TPSA) is 61.8 Å². The maximum Gasteiger partial charge on any atom is 0.565 e. The number of carbonyl (C=O) groups is 1. The lowest BCUT2D eigenvalue weighted by Gasteiger charge is -2.10. The van der Waals surface area contributed by atoms with Crippen LogP contribution in [-0.4, -0.2) is 5.97 Å². The van der Waals surface area contributed by atoms with Crippen molar-refractivity contribution in [1.29, 1.82) is 0 Å². The van der Waals surface area contributed by atoms with Crippen LogP contribution in [-0.2, 0) is 28.5 Å². The van der Waals surface area contributed by atoms with Crippen LogP contribution in [0.1, 0.15) is 5.56 Å². The van der Waals surface area contributed by atoms with Gasteiger partial charge in [-0.15, -0.1) is 0 Å². The molecule has 0 unspecified atom stereocenters. The highest BCUT2D eigenvalue weighted by Gasteiger charge is 2.31. The number of halogens is 2. The maximum absolute atomic E-state index is 11.7. The van der Waals surface area contributed by atoms with E-state index in [-0.39, 0.29) is 6.42 Å². The van der Waals surface area contributed by atoms with Crippen molar-refractivity contribution in [3.8, 4) is 0 Å². The van der Waals surface area contributed by atoms with Gasteiger partial charge in [0.05, 0.1) is 30.2 Å². The molecule has 5 nitrogen and oxygen atoms in total. The zero-order valence-electron chi connectivity index (χ0n) is 9.99. The van der Waals surface area contributed by atoms with Gasteiger partial charge in [-0.2, -0.15) is 8.15 Å². The van der Waals surface area contributed by atoms with Crippen molar-refractivity contribution in [2.75, 3.05) is 0 Å². The summed E-state index contributed by atoms with van der Waals surface area (Å²) in [5, 5.41) is 1.86. The van der Waals surface area contributed by atoms with Crippen LogP contribution in [0.2, 0.25) is 0 Å². The third-order valence-electron chi connectivity index (χ3n) is 2.60. The average molecular weight is 335 g/mol. The van der Waals surface area contributed by atoms with Crippen molar-refractivity contribution in [2.45, 2.75) is 6.42 Å². The molecular weight excluding hydrogens is 326 g/mol. The summed E-state index contributed by atoms with van der Waals surface area (Å²) in [5.74, 6) is -0.828. The summed E-state index contributed by atoms with van der Waals surface area (Å²) < 4.78 is 23.8. The predicted molar refractivity (Wildman–Crippen MR) is 75.2 cm³/mol. The molecule has 0 heterocycles. The molecule has 106 valence electrons. The number of rotatable bonds is 5. The lowest BCUT2D eigenvalue weighted by molar-refractivity contribution is -0.134. The van der Waals surface area contributed by atoms with Crippen LogP contribution in [0.15, 0.2) is 42.5 Å². The Hall–Kier alpha value is -1.10. The Morgan fingerprint density at radius 1 is 1.05 bits per heavy atom. The lowest BCUT2D eigenvalue weighted by Crippen LogP contribution is -2.07. The van der Waals surface area contributed by atoms with Gasteiger partial charge < -0.3 is 4.52 Å². The van der Waals surface area contributed by atoms with Crippen LogP contribution in [0.25, 0.3) is 10.8 Å². The van der Waals surface area contributed by atoms with E-state index in [1.165, 1.54) is 0 Å². The van der Waals surface area contributed by atoms with Crippen molar-refractivity contribution < 1.29 is 22.0 Å². The molecule has 0 saturated heterocycles. The van der Waals surface area contributed by atoms with Gasteiger partial charge in [0, 0.05) is 0 Å². The van der Waals surface area contributed by atoms with Crippen LogP contribution in [0.4, 0.5) is 0 Å². The van der Waals surface area contributed by atoms with Gasteiger partial charge in [0.2, 0.25) is 0 Å². The molecular formula is C12H9Cl2O5P. The SMILES string of the molecule is O=C(Cc1cccc2ccccc12)OP(=O)(OCl)OCl. The van der Waals surface area contributed by atoms with E-state index < -0.39 is 13.8 Å². The Morgan fingerprint density at radius 2 is 1.70 bits per heavy atom. The van der Waals surface area contributed by atoms with Gasteiger partial charge in [0.1, 0.15) is 0 Å². The average Bonchev–Trinajstić information content (AvgIpc) is 2.47. The second-order valence-corrected chi connectivity index (χ2v) is 6.04. The highest BCUT2D eigenvalue weighted by Crippen LogP contribution is 2.52. The first kappa shape index (κ1) is 15.3. The molecule has 0 spiro atoms. The fraction of sp³-hybridized carbons (Fsp3) is 0.0833. The maximum atomic E-state index is 11.7. The van der Waals surface area contributed by atoms with Crippen LogP contribution in [0, 0.1) is 0 Å². The first-order valence-electron chi connectivity index (χ1n) is 5.48. The van der Waals surface area contributed by atoms with E-state index in [1.807, 2.05) is 30.3 Å². The molecule has 0 amide bonds. The van der Waals surface area contributed by atoms with E-state index in [0.717, 1.165) is 10.8 Å². The van der Waals surface area contributed by atoms with Gasteiger partial charge in [-0.05, 0) is 16.3 Å². The minimum Gasteiger partial charge on any atom is -0.369 e. The Bertz CT molecular complexity index is 662. The van der Waals surface area contributed by atoms with Crippen molar-refractivity contribution in [2.24, 2.45) is 0 Å². The molecule has 0 aliphatic heterocycles. The van der Waals surface area contributed by atoms with E-state index >= 15 is 0 Å². The fourth-order valence-corrected chi connectivity index (χ4v) is 2.61. The number of hydrogen-bond donors (Lipinski definition) is 0. The highest BCUT2D eigenvalue weighted by molar-refractivity contribution is 7.51. The first-order valence-corrected chi connectivity index (χ1v) is 7.55. The summed E-state index contributed by atoms with van der Waals surface area (Å²) in [4.78, 5) is 11.7. The normalized spacial score (nSPS) is 11.5. The van der Waals surface area contributed by atoms with Gasteiger partial charge in [-0.1, -0.05) is 42.5 Å².